The first-order valence-corrected chi connectivity index (χ1v) is 6.71. The average molecular weight is 242 g/mol. The van der Waals surface area contributed by atoms with E-state index < -0.39 is 6.10 Å². The predicted octanol–water partition coefficient (Wildman–Crippen LogP) is 2.91. The molecule has 0 aromatic heterocycles. The fourth-order valence-electron chi connectivity index (χ4n) is 2.56. The van der Waals surface area contributed by atoms with Gasteiger partial charge in [-0.1, -0.05) is 20.8 Å². The Bertz CT molecular complexity index is 260. The van der Waals surface area contributed by atoms with Gasteiger partial charge < -0.3 is 9.84 Å². The zero-order valence-corrected chi connectivity index (χ0v) is 11.5. The van der Waals surface area contributed by atoms with Gasteiger partial charge in [-0.15, -0.1) is 0 Å². The van der Waals surface area contributed by atoms with Crippen LogP contribution in [0.1, 0.15) is 59.8 Å². The lowest BCUT2D eigenvalue weighted by molar-refractivity contribution is -0.155. The molecule has 1 rings (SSSR count). The highest BCUT2D eigenvalue weighted by atomic mass is 16.5. The summed E-state index contributed by atoms with van der Waals surface area (Å²) in [6.45, 7) is 8.37. The van der Waals surface area contributed by atoms with E-state index in [0.29, 0.717) is 5.92 Å². The summed E-state index contributed by atoms with van der Waals surface area (Å²) >= 11 is 0. The predicted molar refractivity (Wildman–Crippen MR) is 67.6 cm³/mol. The van der Waals surface area contributed by atoms with Gasteiger partial charge in [-0.2, -0.15) is 0 Å². The van der Waals surface area contributed by atoms with Crippen molar-refractivity contribution in [2.45, 2.75) is 72.0 Å². The van der Waals surface area contributed by atoms with Gasteiger partial charge in [0.25, 0.3) is 0 Å². The molecule has 17 heavy (non-hydrogen) atoms. The van der Waals surface area contributed by atoms with Gasteiger partial charge in [-0.25, -0.2) is 0 Å². The number of aliphatic hydroxyl groups excluding tert-OH is 1. The molecule has 3 heteroatoms. The maximum absolute atomic E-state index is 11.5. The molecule has 1 N–H and O–H groups in total. The van der Waals surface area contributed by atoms with Crippen LogP contribution in [0.3, 0.4) is 0 Å². The van der Waals surface area contributed by atoms with Crippen molar-refractivity contribution >= 4 is 5.97 Å². The molecule has 100 valence electrons. The molecule has 3 nitrogen and oxygen atoms in total. The Kier molecular flexibility index (Phi) is 4.99. The Morgan fingerprint density at radius 2 is 2.12 bits per heavy atom. The van der Waals surface area contributed by atoms with E-state index in [1.54, 1.807) is 6.92 Å². The zero-order valence-electron chi connectivity index (χ0n) is 11.5. The van der Waals surface area contributed by atoms with Crippen molar-refractivity contribution in [3.63, 3.8) is 0 Å². The highest BCUT2D eigenvalue weighted by Crippen LogP contribution is 2.42. The number of carbonyl (C=O) groups is 1. The Morgan fingerprint density at radius 1 is 1.47 bits per heavy atom. The summed E-state index contributed by atoms with van der Waals surface area (Å²) in [5, 5.41) is 9.14. The van der Waals surface area contributed by atoms with Crippen LogP contribution in [0.25, 0.3) is 0 Å². The van der Waals surface area contributed by atoms with Gasteiger partial charge in [0.2, 0.25) is 0 Å². The van der Waals surface area contributed by atoms with Crippen LogP contribution in [-0.4, -0.2) is 23.3 Å². The monoisotopic (exact) mass is 242 g/mol. The summed E-state index contributed by atoms with van der Waals surface area (Å²) < 4.78 is 5.45. The quantitative estimate of drug-likeness (QED) is 0.771. The molecule has 0 bridgehead atoms. The van der Waals surface area contributed by atoms with Crippen LogP contribution in [0.15, 0.2) is 0 Å². The van der Waals surface area contributed by atoms with E-state index >= 15 is 0 Å². The Balaban J connectivity index is 2.47. The second kappa shape index (κ2) is 5.85. The summed E-state index contributed by atoms with van der Waals surface area (Å²) in [4.78, 5) is 11.5. The molecule has 2 unspecified atom stereocenters. The fourth-order valence-corrected chi connectivity index (χ4v) is 2.56. The lowest BCUT2D eigenvalue weighted by Crippen LogP contribution is -2.35. The minimum absolute atomic E-state index is 0.0439. The fraction of sp³-hybridized carbons (Fsp3) is 0.929. The molecule has 1 saturated carbocycles. The van der Waals surface area contributed by atoms with E-state index in [2.05, 4.69) is 20.8 Å². The van der Waals surface area contributed by atoms with Crippen LogP contribution < -0.4 is 0 Å². The molecule has 3 atom stereocenters. The summed E-state index contributed by atoms with van der Waals surface area (Å²) in [6, 6.07) is 0. The third-order valence-corrected chi connectivity index (χ3v) is 4.12. The largest absolute Gasteiger partial charge is 0.462 e. The van der Waals surface area contributed by atoms with Gasteiger partial charge in [-0.3, -0.25) is 4.79 Å². The van der Waals surface area contributed by atoms with Gasteiger partial charge in [0, 0.05) is 0 Å². The second-order valence-corrected chi connectivity index (χ2v) is 6.07. The summed E-state index contributed by atoms with van der Waals surface area (Å²) in [5.41, 5.74) is 0.286. The van der Waals surface area contributed by atoms with Crippen molar-refractivity contribution in [1.82, 2.24) is 0 Å². The van der Waals surface area contributed by atoms with Crippen molar-refractivity contribution in [2.24, 2.45) is 11.3 Å². The first-order valence-electron chi connectivity index (χ1n) is 6.71. The van der Waals surface area contributed by atoms with Crippen molar-refractivity contribution in [3.05, 3.63) is 0 Å². The lowest BCUT2D eigenvalue weighted by Gasteiger charge is -2.41. The van der Waals surface area contributed by atoms with Gasteiger partial charge in [0.15, 0.2) is 0 Å². The minimum Gasteiger partial charge on any atom is -0.462 e. The molecule has 0 aromatic carbocycles. The number of hydrogen-bond acceptors (Lipinski definition) is 3. The molecular weight excluding hydrogens is 216 g/mol. The molecular formula is C14H26O3. The number of esters is 1. The van der Waals surface area contributed by atoms with Gasteiger partial charge in [0.05, 0.1) is 12.5 Å². The van der Waals surface area contributed by atoms with Gasteiger partial charge >= 0.3 is 5.97 Å². The van der Waals surface area contributed by atoms with E-state index in [0.717, 1.165) is 19.3 Å². The molecule has 0 aromatic rings. The van der Waals surface area contributed by atoms with Crippen molar-refractivity contribution in [2.75, 3.05) is 0 Å². The third kappa shape index (κ3) is 4.30. The van der Waals surface area contributed by atoms with E-state index in [-0.39, 0.29) is 23.9 Å². The highest BCUT2D eigenvalue weighted by Gasteiger charge is 2.36. The van der Waals surface area contributed by atoms with E-state index in [9.17, 15) is 4.79 Å². The number of ether oxygens (including phenoxy) is 1. The van der Waals surface area contributed by atoms with Crippen LogP contribution in [-0.2, 0) is 9.53 Å². The van der Waals surface area contributed by atoms with Crippen molar-refractivity contribution in [3.8, 4) is 0 Å². The minimum atomic E-state index is -0.609. The number of hydrogen-bond donors (Lipinski definition) is 1. The molecule has 1 aliphatic carbocycles. The van der Waals surface area contributed by atoms with Crippen molar-refractivity contribution in [1.29, 1.82) is 0 Å². The molecule has 0 spiro atoms. The highest BCUT2D eigenvalue weighted by molar-refractivity contribution is 5.70. The number of aliphatic hydroxyl groups is 1. The Morgan fingerprint density at radius 3 is 2.65 bits per heavy atom. The van der Waals surface area contributed by atoms with E-state index in [1.807, 2.05) is 0 Å². The Hall–Kier alpha value is -0.570. The molecule has 0 amide bonds. The topological polar surface area (TPSA) is 46.5 Å². The number of rotatable bonds is 4. The van der Waals surface area contributed by atoms with Crippen LogP contribution in [0.4, 0.5) is 0 Å². The molecule has 1 aliphatic rings. The lowest BCUT2D eigenvalue weighted by atomic mass is 9.67. The first kappa shape index (κ1) is 14.5. The normalized spacial score (nSPS) is 31.3. The average Bonchev–Trinajstić information content (AvgIpc) is 2.15. The smallest absolute Gasteiger partial charge is 0.308 e. The maximum atomic E-state index is 11.5. The van der Waals surface area contributed by atoms with Crippen LogP contribution >= 0.6 is 0 Å². The summed E-state index contributed by atoms with van der Waals surface area (Å²) in [6.07, 6.45) is 3.81. The van der Waals surface area contributed by atoms with E-state index in [1.165, 1.54) is 6.42 Å². The molecule has 0 saturated heterocycles. The van der Waals surface area contributed by atoms with Crippen LogP contribution in [0, 0.1) is 11.3 Å². The van der Waals surface area contributed by atoms with Crippen molar-refractivity contribution < 1.29 is 14.6 Å². The van der Waals surface area contributed by atoms with Gasteiger partial charge in [-0.05, 0) is 43.9 Å². The first-order chi connectivity index (χ1) is 7.83. The maximum Gasteiger partial charge on any atom is 0.308 e. The van der Waals surface area contributed by atoms with E-state index in [4.69, 9.17) is 9.84 Å². The van der Waals surface area contributed by atoms with Gasteiger partial charge in [0.1, 0.15) is 6.10 Å². The molecule has 0 aliphatic heterocycles. The van der Waals surface area contributed by atoms with Crippen LogP contribution in [0.5, 0.6) is 0 Å². The zero-order chi connectivity index (χ0) is 13.1. The molecule has 0 radical (unpaired) electrons. The third-order valence-electron chi connectivity index (χ3n) is 4.12. The Labute approximate surface area is 105 Å². The number of carbonyl (C=O) groups excluding carboxylic acids is 1. The molecule has 1 fully saturated rings. The molecule has 0 heterocycles. The second-order valence-electron chi connectivity index (χ2n) is 6.07. The van der Waals surface area contributed by atoms with Crippen LogP contribution in [0.2, 0.25) is 0 Å². The summed E-state index contributed by atoms with van der Waals surface area (Å²) in [7, 11) is 0. The summed E-state index contributed by atoms with van der Waals surface area (Å²) in [5.74, 6) is 0.346. The standard InChI is InChI=1S/C14H26O3/c1-10(2)14(4)7-5-6-12(9-14)17-13(16)8-11(3)15/h10-12,15H,5-9H2,1-4H3/t11-,12?,14?/m0/s1. The SMILES string of the molecule is CC(C)C1(C)CCCC(OC(=O)C[C@H](C)O)C1.